The Hall–Kier alpha value is -3.26. The molecule has 24 heavy (non-hydrogen) atoms. The number of hydrogen-bond donors (Lipinski definition) is 0. The minimum atomic E-state index is -1.05. The number of carbonyl (C=O) groups is 3. The van der Waals surface area contributed by atoms with Crippen molar-refractivity contribution in [2.45, 2.75) is 0 Å². The highest BCUT2D eigenvalue weighted by atomic mass is 35.5. The maximum atomic E-state index is 12.5. The fourth-order valence-electron chi connectivity index (χ4n) is 2.26. The minimum Gasteiger partial charge on any atom is -0.262 e. The van der Waals surface area contributed by atoms with E-state index in [1.54, 1.807) is 6.07 Å². The fraction of sp³-hybridized carbons (Fsp3) is 0. The Labute approximate surface area is 140 Å². The summed E-state index contributed by atoms with van der Waals surface area (Å²) in [5.74, 6) is -2.07. The molecule has 8 nitrogen and oxygen atoms in total. The molecule has 1 aliphatic rings. The molecule has 2 aromatic rings. The maximum Gasteiger partial charge on any atom is 0.343 e. The summed E-state index contributed by atoms with van der Waals surface area (Å²) in [6.07, 6.45) is 0. The van der Waals surface area contributed by atoms with Crippen LogP contribution in [0.4, 0.5) is 21.9 Å². The zero-order valence-electron chi connectivity index (χ0n) is 11.9. The summed E-state index contributed by atoms with van der Waals surface area (Å²) in [5, 5.41) is 11.0. The number of nitro benzene ring substituents is 1. The molecule has 9 heteroatoms. The number of imide groups is 2. The number of hydrogen-bond acceptors (Lipinski definition) is 5. The summed E-state index contributed by atoms with van der Waals surface area (Å²) in [6.45, 7) is 0. The number of benzene rings is 2. The van der Waals surface area contributed by atoms with E-state index in [2.05, 4.69) is 0 Å². The standard InChI is InChI=1S/C15H8ClN3O5/c16-9-2-1-3-12(8-9)18-14(21)13(20)17(15(18)22)10-4-6-11(7-5-10)19(23)24/h1-8H. The normalized spacial score (nSPS) is 14.5. The second kappa shape index (κ2) is 5.74. The van der Waals surface area contributed by atoms with Gasteiger partial charge in [0.1, 0.15) is 0 Å². The lowest BCUT2D eigenvalue weighted by molar-refractivity contribution is -0.384. The summed E-state index contributed by atoms with van der Waals surface area (Å²) < 4.78 is 0. The van der Waals surface area contributed by atoms with Crippen LogP contribution >= 0.6 is 11.6 Å². The number of amides is 4. The van der Waals surface area contributed by atoms with Gasteiger partial charge in [-0.25, -0.2) is 14.6 Å². The lowest BCUT2D eigenvalue weighted by Gasteiger charge is -2.15. The predicted octanol–water partition coefficient (Wildman–Crippen LogP) is 2.75. The van der Waals surface area contributed by atoms with Crippen molar-refractivity contribution >= 4 is 46.5 Å². The first-order valence-electron chi connectivity index (χ1n) is 6.62. The van der Waals surface area contributed by atoms with Crippen LogP contribution in [0.3, 0.4) is 0 Å². The van der Waals surface area contributed by atoms with E-state index in [0.29, 0.717) is 14.8 Å². The van der Waals surface area contributed by atoms with Crippen molar-refractivity contribution in [3.8, 4) is 0 Å². The van der Waals surface area contributed by atoms with Gasteiger partial charge in [-0.3, -0.25) is 19.7 Å². The molecule has 1 heterocycles. The van der Waals surface area contributed by atoms with E-state index < -0.39 is 22.8 Å². The zero-order valence-corrected chi connectivity index (χ0v) is 12.6. The second-order valence-electron chi connectivity index (χ2n) is 4.82. The molecule has 0 aromatic heterocycles. The summed E-state index contributed by atoms with van der Waals surface area (Å²) in [4.78, 5) is 48.2. The quantitative estimate of drug-likeness (QED) is 0.368. The molecule has 0 aliphatic carbocycles. The first-order chi connectivity index (χ1) is 11.4. The van der Waals surface area contributed by atoms with Crippen molar-refractivity contribution in [1.82, 2.24) is 0 Å². The molecule has 120 valence electrons. The van der Waals surface area contributed by atoms with Gasteiger partial charge >= 0.3 is 17.8 Å². The molecule has 0 N–H and O–H groups in total. The Kier molecular flexibility index (Phi) is 3.74. The second-order valence-corrected chi connectivity index (χ2v) is 5.25. The SMILES string of the molecule is O=C1C(=O)N(c2cccc(Cl)c2)C(=O)N1c1ccc([N+](=O)[O-])cc1. The van der Waals surface area contributed by atoms with Gasteiger partial charge in [0.05, 0.1) is 16.3 Å². The summed E-state index contributed by atoms with van der Waals surface area (Å²) >= 11 is 5.84. The number of nitrogens with zero attached hydrogens (tertiary/aromatic N) is 3. The number of non-ortho nitro benzene ring substituents is 1. The lowest BCUT2D eigenvalue weighted by Crippen LogP contribution is -2.33. The van der Waals surface area contributed by atoms with E-state index >= 15 is 0 Å². The van der Waals surface area contributed by atoms with Crippen LogP contribution in [0.2, 0.25) is 5.02 Å². The van der Waals surface area contributed by atoms with Crippen LogP contribution in [-0.2, 0) is 9.59 Å². The predicted molar refractivity (Wildman–Crippen MR) is 84.9 cm³/mol. The highest BCUT2D eigenvalue weighted by Crippen LogP contribution is 2.29. The van der Waals surface area contributed by atoms with Crippen LogP contribution in [0.5, 0.6) is 0 Å². The highest BCUT2D eigenvalue weighted by molar-refractivity contribution is 6.60. The van der Waals surface area contributed by atoms with Crippen molar-refractivity contribution in [1.29, 1.82) is 0 Å². The third kappa shape index (κ3) is 2.48. The Balaban J connectivity index is 1.99. The molecule has 1 saturated heterocycles. The van der Waals surface area contributed by atoms with Gasteiger partial charge in [-0.15, -0.1) is 0 Å². The smallest absolute Gasteiger partial charge is 0.262 e. The Morgan fingerprint density at radius 2 is 1.46 bits per heavy atom. The van der Waals surface area contributed by atoms with Gasteiger partial charge < -0.3 is 0 Å². The largest absolute Gasteiger partial charge is 0.343 e. The molecule has 4 amide bonds. The average Bonchev–Trinajstić information content (AvgIpc) is 2.77. The van der Waals surface area contributed by atoms with E-state index in [0.717, 1.165) is 12.1 Å². The average molecular weight is 346 g/mol. The number of rotatable bonds is 3. The Bertz CT molecular complexity index is 881. The summed E-state index contributed by atoms with van der Waals surface area (Å²) in [6, 6.07) is 9.80. The van der Waals surface area contributed by atoms with Crippen molar-refractivity contribution in [3.63, 3.8) is 0 Å². The van der Waals surface area contributed by atoms with Crippen LogP contribution in [0.25, 0.3) is 0 Å². The topological polar surface area (TPSA) is 101 Å². The fourth-order valence-corrected chi connectivity index (χ4v) is 2.44. The molecule has 0 radical (unpaired) electrons. The Morgan fingerprint density at radius 1 is 0.875 bits per heavy atom. The summed E-state index contributed by atoms with van der Waals surface area (Å²) in [7, 11) is 0. The molecule has 1 fully saturated rings. The van der Waals surface area contributed by atoms with Gasteiger partial charge in [0, 0.05) is 17.2 Å². The summed E-state index contributed by atoms with van der Waals surface area (Å²) in [5.41, 5.74) is 0.0274. The molecule has 0 spiro atoms. The minimum absolute atomic E-state index is 0.0634. The molecular weight excluding hydrogens is 338 g/mol. The number of nitro groups is 1. The molecule has 3 rings (SSSR count). The molecule has 0 unspecified atom stereocenters. The maximum absolute atomic E-state index is 12.5. The van der Waals surface area contributed by atoms with Crippen LogP contribution < -0.4 is 9.80 Å². The van der Waals surface area contributed by atoms with E-state index in [1.165, 1.54) is 30.3 Å². The lowest BCUT2D eigenvalue weighted by atomic mass is 10.2. The van der Waals surface area contributed by atoms with Gasteiger partial charge in [-0.05, 0) is 30.3 Å². The van der Waals surface area contributed by atoms with Crippen molar-refractivity contribution < 1.29 is 19.3 Å². The van der Waals surface area contributed by atoms with Crippen molar-refractivity contribution in [3.05, 3.63) is 63.7 Å². The molecule has 2 aromatic carbocycles. The number of carbonyl (C=O) groups excluding carboxylic acids is 3. The molecule has 0 saturated carbocycles. The Morgan fingerprint density at radius 3 is 2.00 bits per heavy atom. The van der Waals surface area contributed by atoms with Crippen molar-refractivity contribution in [2.75, 3.05) is 9.80 Å². The van der Waals surface area contributed by atoms with Gasteiger partial charge in [-0.2, -0.15) is 0 Å². The van der Waals surface area contributed by atoms with E-state index in [1.807, 2.05) is 0 Å². The van der Waals surface area contributed by atoms with E-state index in [4.69, 9.17) is 11.6 Å². The zero-order chi connectivity index (χ0) is 17.4. The molecular formula is C15H8ClN3O5. The first kappa shape index (κ1) is 15.6. The van der Waals surface area contributed by atoms with Gasteiger partial charge in [-0.1, -0.05) is 17.7 Å². The van der Waals surface area contributed by atoms with Crippen LogP contribution in [0.1, 0.15) is 0 Å². The number of urea groups is 1. The monoisotopic (exact) mass is 345 g/mol. The highest BCUT2D eigenvalue weighted by Gasteiger charge is 2.46. The van der Waals surface area contributed by atoms with Gasteiger partial charge in [0.15, 0.2) is 0 Å². The van der Waals surface area contributed by atoms with Gasteiger partial charge in [0.2, 0.25) is 0 Å². The molecule has 1 aliphatic heterocycles. The van der Waals surface area contributed by atoms with Crippen LogP contribution in [0, 0.1) is 10.1 Å². The number of anilines is 2. The van der Waals surface area contributed by atoms with Crippen molar-refractivity contribution in [2.24, 2.45) is 0 Å². The van der Waals surface area contributed by atoms with Gasteiger partial charge in [0.25, 0.3) is 5.69 Å². The molecule has 0 bridgehead atoms. The van der Waals surface area contributed by atoms with Crippen LogP contribution in [0.15, 0.2) is 48.5 Å². The first-order valence-corrected chi connectivity index (χ1v) is 7.00. The van der Waals surface area contributed by atoms with E-state index in [-0.39, 0.29) is 17.1 Å². The number of halogens is 1. The molecule has 0 atom stereocenters. The van der Waals surface area contributed by atoms with Crippen LogP contribution in [-0.4, -0.2) is 22.8 Å². The third-order valence-electron chi connectivity index (χ3n) is 3.36. The third-order valence-corrected chi connectivity index (χ3v) is 3.59. The van der Waals surface area contributed by atoms with E-state index in [9.17, 15) is 24.5 Å².